The van der Waals surface area contributed by atoms with E-state index >= 15 is 0 Å². The molecule has 0 spiro atoms. The number of carbonyl (C=O) groups excluding carboxylic acids is 2. The number of hydrogen-bond acceptors (Lipinski definition) is 4. The van der Waals surface area contributed by atoms with Gasteiger partial charge in [0.25, 0.3) is 5.91 Å². The number of carbonyl (C=O) groups is 2. The summed E-state index contributed by atoms with van der Waals surface area (Å²) in [6.07, 6.45) is 4.53. The highest BCUT2D eigenvalue weighted by Gasteiger charge is 2.32. The minimum Gasteiger partial charge on any atom is -0.364 e. The Morgan fingerprint density at radius 1 is 1.24 bits per heavy atom. The Hall–Kier alpha value is -2.38. The predicted octanol–water partition coefficient (Wildman–Crippen LogP) is 1.71. The van der Waals surface area contributed by atoms with Gasteiger partial charge in [-0.1, -0.05) is 18.6 Å². The van der Waals surface area contributed by atoms with Crippen LogP contribution in [0.5, 0.6) is 0 Å². The van der Waals surface area contributed by atoms with Gasteiger partial charge in [0.15, 0.2) is 0 Å². The highest BCUT2D eigenvalue weighted by molar-refractivity contribution is 5.95. The van der Waals surface area contributed by atoms with Crippen molar-refractivity contribution in [3.8, 4) is 5.69 Å². The van der Waals surface area contributed by atoms with Crippen molar-refractivity contribution in [3.05, 3.63) is 42.2 Å². The van der Waals surface area contributed by atoms with E-state index in [9.17, 15) is 9.59 Å². The van der Waals surface area contributed by atoms with Gasteiger partial charge in [-0.2, -0.15) is 5.10 Å². The number of nitrogens with zero attached hydrogens (tertiary/aromatic N) is 2. The second-order valence-electron chi connectivity index (χ2n) is 6.05. The fourth-order valence-corrected chi connectivity index (χ4v) is 3.26. The van der Waals surface area contributed by atoms with Gasteiger partial charge in [0.1, 0.15) is 5.69 Å². The Kier molecular flexibility index (Phi) is 6.17. The maximum atomic E-state index is 12.6. The van der Waals surface area contributed by atoms with Crippen LogP contribution in [0.4, 0.5) is 5.69 Å². The summed E-state index contributed by atoms with van der Waals surface area (Å²) in [4.78, 5) is 23.8. The second-order valence-corrected chi connectivity index (χ2v) is 6.05. The topological polar surface area (TPSA) is 116 Å². The van der Waals surface area contributed by atoms with E-state index in [1.807, 2.05) is 24.3 Å². The van der Waals surface area contributed by atoms with E-state index in [1.54, 1.807) is 12.3 Å². The maximum Gasteiger partial charge on any atom is 0.269 e. The fraction of sp³-hybridized carbons (Fsp3) is 0.353. The van der Waals surface area contributed by atoms with Crippen molar-refractivity contribution in [2.75, 3.05) is 11.9 Å². The number of nitrogens with two attached hydrogens (primary N) is 2. The van der Waals surface area contributed by atoms with Crippen LogP contribution >= 0.6 is 12.4 Å². The third-order valence-corrected chi connectivity index (χ3v) is 4.55. The van der Waals surface area contributed by atoms with Gasteiger partial charge in [-0.25, -0.2) is 4.68 Å². The number of para-hydroxylation sites is 2. The number of aromatic nitrogens is 2. The monoisotopic (exact) mass is 363 g/mol. The number of primary amides is 1. The van der Waals surface area contributed by atoms with Gasteiger partial charge in [0.05, 0.1) is 11.4 Å². The molecule has 1 aliphatic rings. The van der Waals surface area contributed by atoms with Crippen LogP contribution in [0.3, 0.4) is 0 Å². The molecule has 8 heteroatoms. The summed E-state index contributed by atoms with van der Waals surface area (Å²) in [5.41, 5.74) is 12.5. The molecular formula is C17H22ClN5O2. The largest absolute Gasteiger partial charge is 0.364 e. The highest BCUT2D eigenvalue weighted by atomic mass is 35.5. The third kappa shape index (κ3) is 4.00. The lowest BCUT2D eigenvalue weighted by atomic mass is 9.95. The molecule has 0 saturated heterocycles. The van der Waals surface area contributed by atoms with Crippen LogP contribution in [-0.2, 0) is 4.79 Å². The Balaban J connectivity index is 0.00000225. The first-order valence-electron chi connectivity index (χ1n) is 8.06. The van der Waals surface area contributed by atoms with Gasteiger partial charge in [0.2, 0.25) is 5.91 Å². The van der Waals surface area contributed by atoms with Crippen molar-refractivity contribution >= 4 is 29.9 Å². The lowest BCUT2D eigenvalue weighted by molar-refractivity contribution is -0.120. The molecule has 0 bridgehead atoms. The Bertz CT molecular complexity index is 761. The lowest BCUT2D eigenvalue weighted by Gasteiger charge is -2.18. The van der Waals surface area contributed by atoms with Crippen molar-refractivity contribution < 1.29 is 9.59 Å². The Morgan fingerprint density at radius 3 is 2.68 bits per heavy atom. The molecule has 3 rings (SSSR count). The molecule has 0 radical (unpaired) electrons. The van der Waals surface area contributed by atoms with Crippen LogP contribution in [0.25, 0.3) is 5.69 Å². The number of rotatable bonds is 5. The van der Waals surface area contributed by atoms with Gasteiger partial charge in [-0.15, -0.1) is 12.4 Å². The van der Waals surface area contributed by atoms with Crippen molar-refractivity contribution in [3.63, 3.8) is 0 Å². The average molecular weight is 364 g/mol. The predicted molar refractivity (Wildman–Crippen MR) is 97.8 cm³/mol. The molecule has 25 heavy (non-hydrogen) atoms. The van der Waals surface area contributed by atoms with E-state index in [2.05, 4.69) is 10.4 Å². The van der Waals surface area contributed by atoms with Crippen LogP contribution in [0.15, 0.2) is 36.5 Å². The number of nitrogens with one attached hydrogen (secondary N) is 1. The van der Waals surface area contributed by atoms with E-state index < -0.39 is 5.91 Å². The van der Waals surface area contributed by atoms with E-state index in [-0.39, 0.29) is 35.8 Å². The quantitative estimate of drug-likeness (QED) is 0.749. The molecule has 1 aromatic heterocycles. The zero-order valence-electron chi connectivity index (χ0n) is 13.7. The van der Waals surface area contributed by atoms with Crippen molar-refractivity contribution in [2.24, 2.45) is 23.3 Å². The molecule has 2 atom stereocenters. The van der Waals surface area contributed by atoms with Gasteiger partial charge < -0.3 is 16.8 Å². The van der Waals surface area contributed by atoms with E-state index in [4.69, 9.17) is 11.5 Å². The van der Waals surface area contributed by atoms with Crippen LogP contribution < -0.4 is 16.8 Å². The summed E-state index contributed by atoms with van der Waals surface area (Å²) in [6.45, 7) is 0.529. The molecule has 0 aliphatic heterocycles. The summed E-state index contributed by atoms with van der Waals surface area (Å²) in [6, 6.07) is 8.86. The molecule has 1 aromatic carbocycles. The normalized spacial score (nSPS) is 19.2. The minimum absolute atomic E-state index is 0. The van der Waals surface area contributed by atoms with Crippen LogP contribution in [0, 0.1) is 11.8 Å². The molecule has 134 valence electrons. The second kappa shape index (κ2) is 8.13. The molecule has 2 amide bonds. The van der Waals surface area contributed by atoms with E-state index in [0.29, 0.717) is 17.9 Å². The maximum absolute atomic E-state index is 12.6. The lowest BCUT2D eigenvalue weighted by Crippen LogP contribution is -2.30. The summed E-state index contributed by atoms with van der Waals surface area (Å²) in [7, 11) is 0. The van der Waals surface area contributed by atoms with Crippen molar-refractivity contribution in [1.29, 1.82) is 0 Å². The van der Waals surface area contributed by atoms with Gasteiger partial charge in [-0.05, 0) is 43.5 Å². The summed E-state index contributed by atoms with van der Waals surface area (Å²) < 4.78 is 1.53. The minimum atomic E-state index is -0.591. The van der Waals surface area contributed by atoms with Crippen LogP contribution in [-0.4, -0.2) is 28.1 Å². The zero-order valence-corrected chi connectivity index (χ0v) is 14.5. The molecule has 0 unspecified atom stereocenters. The zero-order chi connectivity index (χ0) is 17.1. The first kappa shape index (κ1) is 19.0. The molecule has 7 nitrogen and oxygen atoms in total. The van der Waals surface area contributed by atoms with Crippen LogP contribution in [0.1, 0.15) is 29.8 Å². The molecule has 5 N–H and O–H groups in total. The molecule has 2 aromatic rings. The summed E-state index contributed by atoms with van der Waals surface area (Å²) in [5.74, 6) is -0.421. The first-order valence-corrected chi connectivity index (χ1v) is 8.06. The summed E-state index contributed by atoms with van der Waals surface area (Å²) >= 11 is 0. The molecule has 1 aliphatic carbocycles. The number of halogens is 1. The standard InChI is InChI=1S/C17H21N5O2.ClH/c18-10-11-4-3-5-12(11)17(24)20-13-6-1-2-7-15(13)22-9-8-14(21-22)16(19)23;/h1-2,6-9,11-12H,3-5,10,18H2,(H2,19,23)(H,20,24);1H/t11-,12-;/m1./s1. The fourth-order valence-electron chi connectivity index (χ4n) is 3.26. The number of amides is 2. The van der Waals surface area contributed by atoms with Gasteiger partial charge in [0, 0.05) is 12.1 Å². The Morgan fingerprint density at radius 2 is 2.00 bits per heavy atom. The van der Waals surface area contributed by atoms with Gasteiger partial charge >= 0.3 is 0 Å². The smallest absolute Gasteiger partial charge is 0.269 e. The number of anilines is 1. The van der Waals surface area contributed by atoms with E-state index in [0.717, 1.165) is 19.3 Å². The SMILES string of the molecule is Cl.NC[C@H]1CCC[C@H]1C(=O)Nc1ccccc1-n1ccc(C(N)=O)n1. The third-order valence-electron chi connectivity index (χ3n) is 4.55. The van der Waals surface area contributed by atoms with Crippen LogP contribution in [0.2, 0.25) is 0 Å². The first-order chi connectivity index (χ1) is 11.6. The average Bonchev–Trinajstić information content (AvgIpc) is 3.24. The number of benzene rings is 1. The summed E-state index contributed by atoms with van der Waals surface area (Å²) in [5, 5.41) is 7.13. The van der Waals surface area contributed by atoms with Gasteiger partial charge in [-0.3, -0.25) is 9.59 Å². The Labute approximate surface area is 152 Å². The van der Waals surface area contributed by atoms with E-state index in [1.165, 1.54) is 4.68 Å². The number of hydrogen-bond donors (Lipinski definition) is 3. The highest BCUT2D eigenvalue weighted by Crippen LogP contribution is 2.32. The molecule has 1 heterocycles. The molecular weight excluding hydrogens is 342 g/mol. The van der Waals surface area contributed by atoms with Crippen molar-refractivity contribution in [1.82, 2.24) is 9.78 Å². The molecule has 1 fully saturated rings. The molecule has 1 saturated carbocycles. The van der Waals surface area contributed by atoms with Crippen molar-refractivity contribution in [2.45, 2.75) is 19.3 Å².